The number of nitrogens with one attached hydrogen (secondary N) is 1. The van der Waals surface area contributed by atoms with Crippen LogP contribution in [0.25, 0.3) is 0 Å². The second kappa shape index (κ2) is 4.42. The molecule has 6 nitrogen and oxygen atoms in total. The van der Waals surface area contributed by atoms with Crippen LogP contribution in [0.5, 0.6) is 0 Å². The van der Waals surface area contributed by atoms with Crippen LogP contribution in [-0.4, -0.2) is 49.9 Å². The molecule has 0 bridgehead atoms. The molecule has 0 heterocycles. The van der Waals surface area contributed by atoms with Gasteiger partial charge in [0.05, 0.1) is 7.05 Å². The largest absolute Gasteiger partial charge is 0.511 e. The molecule has 68 valence electrons. The maximum Gasteiger partial charge on any atom is 0.511 e. The van der Waals surface area contributed by atoms with Crippen molar-refractivity contribution in [1.29, 1.82) is 0 Å². The molecule has 0 fully saturated rings. The molecule has 1 N–H and O–H groups in total. The highest BCUT2D eigenvalue weighted by atomic mass is 16.2. The summed E-state index contributed by atoms with van der Waals surface area (Å²) in [5.41, 5.74) is 0. The molecule has 4 amide bonds. The molecule has 6 heteroatoms. The fourth-order valence-electron chi connectivity index (χ4n) is 0.425. The van der Waals surface area contributed by atoms with E-state index in [-0.39, 0.29) is 0 Å². The van der Waals surface area contributed by atoms with E-state index < -0.39 is 12.1 Å². The van der Waals surface area contributed by atoms with Gasteiger partial charge in [-0.3, -0.25) is 0 Å². The highest BCUT2D eigenvalue weighted by Crippen LogP contribution is 1.85. The average Bonchev–Trinajstić information content (AvgIpc) is 2.02. The van der Waals surface area contributed by atoms with E-state index in [1.54, 1.807) is 14.1 Å². The van der Waals surface area contributed by atoms with Crippen LogP contribution in [0, 0.1) is 0 Å². The number of urea groups is 2. The minimum absolute atomic E-state index is 0.426. The van der Waals surface area contributed by atoms with E-state index in [2.05, 4.69) is 10.4 Å². The monoisotopic (exact) mass is 173 g/mol. The minimum Gasteiger partial charge on any atom is -0.326 e. The zero-order valence-corrected chi connectivity index (χ0v) is 7.66. The van der Waals surface area contributed by atoms with Crippen molar-refractivity contribution in [3.8, 4) is 0 Å². The molecular formula is C6H13N4O2+. The van der Waals surface area contributed by atoms with E-state index in [1.165, 1.54) is 19.0 Å². The van der Waals surface area contributed by atoms with Crippen molar-refractivity contribution in [2.75, 3.05) is 28.2 Å². The highest BCUT2D eigenvalue weighted by molar-refractivity contribution is 5.74. The lowest BCUT2D eigenvalue weighted by Crippen LogP contribution is -2.29. The Morgan fingerprint density at radius 3 is 2.25 bits per heavy atom. The number of hydrogen-bond donors (Lipinski definition) is 1. The Morgan fingerprint density at radius 2 is 1.92 bits per heavy atom. The lowest BCUT2D eigenvalue weighted by molar-refractivity contribution is -0.463. The van der Waals surface area contributed by atoms with E-state index in [4.69, 9.17) is 0 Å². The van der Waals surface area contributed by atoms with Crippen LogP contribution in [0.3, 0.4) is 0 Å². The number of carbonyl (C=O) groups excluding carboxylic acids is 2. The number of nitrogens with zero attached hydrogens (tertiary/aromatic N) is 3. The molecule has 0 unspecified atom stereocenters. The molecule has 0 spiro atoms. The first-order valence-electron chi connectivity index (χ1n) is 3.37. The predicted molar refractivity (Wildman–Crippen MR) is 42.2 cm³/mol. The van der Waals surface area contributed by atoms with Crippen LogP contribution in [-0.2, 0) is 0 Å². The van der Waals surface area contributed by atoms with Gasteiger partial charge in [0.1, 0.15) is 7.05 Å². The first kappa shape index (κ1) is 10.5. The summed E-state index contributed by atoms with van der Waals surface area (Å²) in [5, 5.41) is 5.79. The number of azo groups is 2. The number of hydrogen-bond acceptors (Lipinski definition) is 2. The van der Waals surface area contributed by atoms with E-state index in [9.17, 15) is 9.59 Å². The Balaban J connectivity index is 4.36. The molecule has 0 aromatic rings. The maximum atomic E-state index is 10.9. The van der Waals surface area contributed by atoms with Gasteiger partial charge in [-0.25, -0.2) is 10.1 Å². The van der Waals surface area contributed by atoms with Crippen LogP contribution in [0.2, 0.25) is 0 Å². The molecule has 0 atom stereocenters. The van der Waals surface area contributed by atoms with Gasteiger partial charge in [0.25, 0.3) is 0 Å². The van der Waals surface area contributed by atoms with Crippen molar-refractivity contribution in [2.45, 2.75) is 0 Å². The van der Waals surface area contributed by atoms with Crippen molar-refractivity contribution in [3.63, 3.8) is 0 Å². The summed E-state index contributed by atoms with van der Waals surface area (Å²) < 4.78 is 0.947. The Labute approximate surface area is 70.9 Å². The molecule has 0 aliphatic carbocycles. The smallest absolute Gasteiger partial charge is 0.326 e. The van der Waals surface area contributed by atoms with Gasteiger partial charge < -0.3 is 4.90 Å². The predicted octanol–water partition coefficient (Wildman–Crippen LogP) is 0.102. The first-order chi connectivity index (χ1) is 5.49. The van der Waals surface area contributed by atoms with E-state index in [1.807, 2.05) is 0 Å². The summed E-state index contributed by atoms with van der Waals surface area (Å²) in [5.74, 6) is 0. The molecule has 0 aromatic heterocycles. The lowest BCUT2D eigenvalue weighted by atomic mass is 10.8. The van der Waals surface area contributed by atoms with Gasteiger partial charge in [-0.15, -0.1) is 0 Å². The SMILES string of the molecule is CNC(=O)[N+](C)=NC(=O)N(C)C. The van der Waals surface area contributed by atoms with Gasteiger partial charge >= 0.3 is 12.1 Å². The van der Waals surface area contributed by atoms with Crippen LogP contribution in [0.15, 0.2) is 5.11 Å². The molecule has 0 aliphatic rings. The fraction of sp³-hybridized carbons (Fsp3) is 0.667. The fourth-order valence-corrected chi connectivity index (χ4v) is 0.425. The molecule has 0 aromatic carbocycles. The minimum atomic E-state index is -0.471. The van der Waals surface area contributed by atoms with Gasteiger partial charge in [0, 0.05) is 14.1 Å². The maximum absolute atomic E-state index is 10.9. The number of carbonyl (C=O) groups is 2. The third-order valence-electron chi connectivity index (χ3n) is 1.13. The molecule has 0 saturated carbocycles. The Bertz CT molecular complexity index is 222. The summed E-state index contributed by atoms with van der Waals surface area (Å²) in [6, 6.07) is -0.897. The zero-order chi connectivity index (χ0) is 9.72. The molecule has 0 aliphatic heterocycles. The van der Waals surface area contributed by atoms with Crippen LogP contribution in [0.4, 0.5) is 9.59 Å². The second-order valence-corrected chi connectivity index (χ2v) is 2.36. The highest BCUT2D eigenvalue weighted by Gasteiger charge is 2.12. The van der Waals surface area contributed by atoms with Crippen molar-refractivity contribution in [1.82, 2.24) is 10.2 Å². The van der Waals surface area contributed by atoms with Crippen molar-refractivity contribution in [2.24, 2.45) is 5.11 Å². The summed E-state index contributed by atoms with van der Waals surface area (Å²) in [4.78, 5) is 23.0. The normalized spacial score (nSPS) is 10.8. The lowest BCUT2D eigenvalue weighted by Gasteiger charge is -2.02. The third kappa shape index (κ3) is 3.09. The average molecular weight is 173 g/mol. The van der Waals surface area contributed by atoms with E-state index in [0.29, 0.717) is 0 Å². The van der Waals surface area contributed by atoms with Crippen LogP contribution < -0.4 is 5.32 Å². The Hall–Kier alpha value is -1.46. The van der Waals surface area contributed by atoms with Gasteiger partial charge in [0.15, 0.2) is 0 Å². The number of amides is 4. The molecule has 0 rings (SSSR count). The quantitative estimate of drug-likeness (QED) is 0.417. The zero-order valence-electron chi connectivity index (χ0n) is 7.66. The van der Waals surface area contributed by atoms with Gasteiger partial charge in [-0.1, -0.05) is 4.70 Å². The van der Waals surface area contributed by atoms with Crippen molar-refractivity contribution in [3.05, 3.63) is 0 Å². The van der Waals surface area contributed by atoms with Gasteiger partial charge in [-0.2, -0.15) is 4.79 Å². The topological polar surface area (TPSA) is 64.8 Å². The Kier molecular flexibility index (Phi) is 3.89. The van der Waals surface area contributed by atoms with Crippen LogP contribution in [0.1, 0.15) is 0 Å². The third-order valence-corrected chi connectivity index (χ3v) is 1.13. The first-order valence-corrected chi connectivity index (χ1v) is 3.37. The Morgan fingerprint density at radius 1 is 1.42 bits per heavy atom. The molecule has 12 heavy (non-hydrogen) atoms. The van der Waals surface area contributed by atoms with Gasteiger partial charge in [-0.05, 0) is 5.11 Å². The molecule has 0 saturated heterocycles. The number of rotatable bonds is 0. The van der Waals surface area contributed by atoms with Gasteiger partial charge in [0.2, 0.25) is 0 Å². The van der Waals surface area contributed by atoms with E-state index in [0.717, 1.165) is 4.70 Å². The second-order valence-electron chi connectivity index (χ2n) is 2.36. The molecular weight excluding hydrogens is 160 g/mol. The summed E-state index contributed by atoms with van der Waals surface area (Å²) in [6.07, 6.45) is 0. The van der Waals surface area contributed by atoms with Crippen molar-refractivity contribution >= 4 is 12.1 Å². The summed E-state index contributed by atoms with van der Waals surface area (Å²) >= 11 is 0. The van der Waals surface area contributed by atoms with Crippen LogP contribution >= 0.6 is 0 Å². The van der Waals surface area contributed by atoms with E-state index >= 15 is 0 Å². The van der Waals surface area contributed by atoms with Crippen molar-refractivity contribution < 1.29 is 14.3 Å². The molecule has 0 radical (unpaired) electrons. The summed E-state index contributed by atoms with van der Waals surface area (Å²) in [6.45, 7) is 0. The summed E-state index contributed by atoms with van der Waals surface area (Å²) in [7, 11) is 5.99. The standard InChI is InChI=1S/C6H12N4O2/c1-7-5(11)10(4)8-6(12)9(2)3/h1-4H3/p+1.